The normalized spacial score (nSPS) is 23.3. The molecular formula is C15H17N3O. The van der Waals surface area contributed by atoms with Crippen LogP contribution in [0, 0.1) is 0 Å². The van der Waals surface area contributed by atoms with Gasteiger partial charge in [-0.25, -0.2) is 4.98 Å². The molecule has 3 rings (SSSR count). The van der Waals surface area contributed by atoms with E-state index in [4.69, 9.17) is 4.74 Å². The number of rotatable bonds is 2. The number of ether oxygens (including phenoxy) is 1. The summed E-state index contributed by atoms with van der Waals surface area (Å²) in [7, 11) is 0. The van der Waals surface area contributed by atoms with Crippen molar-refractivity contribution in [3.63, 3.8) is 0 Å². The molecule has 0 radical (unpaired) electrons. The molecule has 0 N–H and O–H groups in total. The molecule has 1 aromatic carbocycles. The number of aromatic nitrogens is 2. The number of morpholine rings is 1. The maximum Gasteiger partial charge on any atom is 0.147 e. The van der Waals surface area contributed by atoms with E-state index in [2.05, 4.69) is 33.9 Å². The highest BCUT2D eigenvalue weighted by Gasteiger charge is 2.34. The molecule has 2 heterocycles. The third-order valence-corrected chi connectivity index (χ3v) is 3.53. The molecule has 1 unspecified atom stereocenters. The van der Waals surface area contributed by atoms with Gasteiger partial charge in [-0.3, -0.25) is 4.98 Å². The van der Waals surface area contributed by atoms with Crippen molar-refractivity contribution in [1.29, 1.82) is 0 Å². The summed E-state index contributed by atoms with van der Waals surface area (Å²) in [6, 6.07) is 10.3. The number of anilines is 1. The molecule has 0 amide bonds. The van der Waals surface area contributed by atoms with Gasteiger partial charge in [0.05, 0.1) is 19.3 Å². The first-order valence-corrected chi connectivity index (χ1v) is 6.48. The summed E-state index contributed by atoms with van der Waals surface area (Å²) in [5.74, 6) is 0.910. The Morgan fingerprint density at radius 3 is 2.79 bits per heavy atom. The SMILES string of the molecule is CC1(c2ccccc2)CN(c2cnccn2)CCO1. The summed E-state index contributed by atoms with van der Waals surface area (Å²) in [5, 5.41) is 0. The van der Waals surface area contributed by atoms with Crippen LogP contribution in [0.5, 0.6) is 0 Å². The summed E-state index contributed by atoms with van der Waals surface area (Å²) >= 11 is 0. The minimum absolute atomic E-state index is 0.295. The molecule has 19 heavy (non-hydrogen) atoms. The zero-order chi connectivity index (χ0) is 13.1. The van der Waals surface area contributed by atoms with Crippen LogP contribution in [-0.4, -0.2) is 29.7 Å². The Morgan fingerprint density at radius 2 is 2.05 bits per heavy atom. The quantitative estimate of drug-likeness (QED) is 0.825. The van der Waals surface area contributed by atoms with Crippen LogP contribution >= 0.6 is 0 Å². The largest absolute Gasteiger partial charge is 0.367 e. The van der Waals surface area contributed by atoms with Crippen LogP contribution in [0.25, 0.3) is 0 Å². The highest BCUT2D eigenvalue weighted by Crippen LogP contribution is 2.30. The molecule has 1 fully saturated rings. The molecule has 1 atom stereocenters. The Labute approximate surface area is 113 Å². The van der Waals surface area contributed by atoms with Gasteiger partial charge < -0.3 is 9.64 Å². The molecule has 1 aliphatic heterocycles. The highest BCUT2D eigenvalue weighted by atomic mass is 16.5. The van der Waals surface area contributed by atoms with Gasteiger partial charge in [-0.1, -0.05) is 30.3 Å². The summed E-state index contributed by atoms with van der Waals surface area (Å²) in [5.41, 5.74) is 0.903. The summed E-state index contributed by atoms with van der Waals surface area (Å²) in [6.45, 7) is 4.46. The van der Waals surface area contributed by atoms with Crippen molar-refractivity contribution in [1.82, 2.24) is 9.97 Å². The van der Waals surface area contributed by atoms with E-state index in [1.165, 1.54) is 5.56 Å². The molecule has 1 aromatic heterocycles. The fraction of sp³-hybridized carbons (Fsp3) is 0.333. The highest BCUT2D eigenvalue weighted by molar-refractivity contribution is 5.38. The van der Waals surface area contributed by atoms with Crippen molar-refractivity contribution in [3.8, 4) is 0 Å². The number of hydrogen-bond donors (Lipinski definition) is 0. The topological polar surface area (TPSA) is 38.2 Å². The molecule has 0 aliphatic carbocycles. The average Bonchev–Trinajstić information content (AvgIpc) is 2.49. The Hall–Kier alpha value is -1.94. The smallest absolute Gasteiger partial charge is 0.147 e. The summed E-state index contributed by atoms with van der Waals surface area (Å²) in [4.78, 5) is 10.7. The van der Waals surface area contributed by atoms with Gasteiger partial charge in [0, 0.05) is 18.9 Å². The zero-order valence-corrected chi connectivity index (χ0v) is 11.0. The van der Waals surface area contributed by atoms with Crippen molar-refractivity contribution in [2.75, 3.05) is 24.6 Å². The Kier molecular flexibility index (Phi) is 3.17. The average molecular weight is 255 g/mol. The Bertz CT molecular complexity index is 532. The van der Waals surface area contributed by atoms with Crippen LogP contribution in [0.2, 0.25) is 0 Å². The molecule has 1 aliphatic rings. The molecule has 0 bridgehead atoms. The van der Waals surface area contributed by atoms with Crippen LogP contribution in [0.1, 0.15) is 12.5 Å². The van der Waals surface area contributed by atoms with E-state index in [9.17, 15) is 0 Å². The monoisotopic (exact) mass is 255 g/mol. The maximum absolute atomic E-state index is 6.01. The van der Waals surface area contributed by atoms with Gasteiger partial charge in [0.15, 0.2) is 0 Å². The first kappa shape index (κ1) is 12.1. The first-order valence-electron chi connectivity index (χ1n) is 6.48. The summed E-state index contributed by atoms with van der Waals surface area (Å²) < 4.78 is 6.01. The second-order valence-electron chi connectivity index (χ2n) is 4.93. The lowest BCUT2D eigenvalue weighted by Gasteiger charge is -2.41. The van der Waals surface area contributed by atoms with E-state index in [0.29, 0.717) is 6.61 Å². The van der Waals surface area contributed by atoms with Gasteiger partial charge in [-0.15, -0.1) is 0 Å². The third kappa shape index (κ3) is 2.44. The second-order valence-corrected chi connectivity index (χ2v) is 4.93. The molecule has 1 saturated heterocycles. The predicted octanol–water partition coefficient (Wildman–Crippen LogP) is 2.23. The van der Waals surface area contributed by atoms with Gasteiger partial charge in [-0.2, -0.15) is 0 Å². The van der Waals surface area contributed by atoms with Crippen LogP contribution in [0.4, 0.5) is 5.82 Å². The Morgan fingerprint density at radius 1 is 1.21 bits per heavy atom. The van der Waals surface area contributed by atoms with Crippen molar-refractivity contribution in [3.05, 3.63) is 54.5 Å². The van der Waals surface area contributed by atoms with E-state index >= 15 is 0 Å². The van der Waals surface area contributed by atoms with E-state index in [-0.39, 0.29) is 5.60 Å². The van der Waals surface area contributed by atoms with Crippen LogP contribution < -0.4 is 4.90 Å². The predicted molar refractivity (Wildman–Crippen MR) is 74.0 cm³/mol. The molecule has 4 nitrogen and oxygen atoms in total. The van der Waals surface area contributed by atoms with Crippen molar-refractivity contribution < 1.29 is 4.74 Å². The van der Waals surface area contributed by atoms with Crippen molar-refractivity contribution in [2.45, 2.75) is 12.5 Å². The molecular weight excluding hydrogens is 238 g/mol. The fourth-order valence-electron chi connectivity index (χ4n) is 2.49. The number of nitrogens with zero attached hydrogens (tertiary/aromatic N) is 3. The lowest BCUT2D eigenvalue weighted by molar-refractivity contribution is -0.0468. The van der Waals surface area contributed by atoms with Gasteiger partial charge >= 0.3 is 0 Å². The van der Waals surface area contributed by atoms with Crippen molar-refractivity contribution in [2.24, 2.45) is 0 Å². The van der Waals surface area contributed by atoms with Gasteiger partial charge in [-0.05, 0) is 12.5 Å². The lowest BCUT2D eigenvalue weighted by atomic mass is 9.94. The Balaban J connectivity index is 1.86. The molecule has 2 aromatic rings. The maximum atomic E-state index is 6.01. The van der Waals surface area contributed by atoms with Crippen molar-refractivity contribution >= 4 is 5.82 Å². The minimum Gasteiger partial charge on any atom is -0.367 e. The number of benzene rings is 1. The van der Waals surface area contributed by atoms with E-state index < -0.39 is 0 Å². The van der Waals surface area contributed by atoms with Gasteiger partial charge in [0.2, 0.25) is 0 Å². The van der Waals surface area contributed by atoms with E-state index in [1.54, 1.807) is 18.6 Å². The molecule has 0 saturated carbocycles. The molecule has 4 heteroatoms. The van der Waals surface area contributed by atoms with Crippen LogP contribution in [0.3, 0.4) is 0 Å². The zero-order valence-electron chi connectivity index (χ0n) is 11.0. The molecule has 0 spiro atoms. The first-order chi connectivity index (χ1) is 9.28. The van der Waals surface area contributed by atoms with Gasteiger partial charge in [0.1, 0.15) is 11.4 Å². The van der Waals surface area contributed by atoms with E-state index in [1.807, 2.05) is 18.2 Å². The standard InChI is InChI=1S/C15H17N3O/c1-15(13-5-3-2-4-6-13)12-18(9-10-19-15)14-11-16-7-8-17-14/h2-8,11H,9-10,12H2,1H3. The van der Waals surface area contributed by atoms with Crippen LogP contribution in [0.15, 0.2) is 48.9 Å². The van der Waals surface area contributed by atoms with Gasteiger partial charge in [0.25, 0.3) is 0 Å². The summed E-state index contributed by atoms with van der Waals surface area (Å²) in [6.07, 6.45) is 5.22. The number of hydrogen-bond acceptors (Lipinski definition) is 4. The lowest BCUT2D eigenvalue weighted by Crippen LogP contribution is -2.48. The van der Waals surface area contributed by atoms with E-state index in [0.717, 1.165) is 18.9 Å². The second kappa shape index (κ2) is 4.97. The molecule has 98 valence electrons. The van der Waals surface area contributed by atoms with Crippen LogP contribution in [-0.2, 0) is 10.3 Å². The fourth-order valence-corrected chi connectivity index (χ4v) is 2.49. The minimum atomic E-state index is -0.295. The third-order valence-electron chi connectivity index (χ3n) is 3.53.